The molecule has 0 spiro atoms. The van der Waals surface area contributed by atoms with Crippen molar-refractivity contribution in [3.05, 3.63) is 42.1 Å². The summed E-state index contributed by atoms with van der Waals surface area (Å²) in [6, 6.07) is 8.03. The van der Waals surface area contributed by atoms with Crippen molar-refractivity contribution in [3.63, 3.8) is 0 Å². The number of carbonyl (C=O) groups is 2. The first-order chi connectivity index (χ1) is 11.1. The van der Waals surface area contributed by atoms with Gasteiger partial charge in [-0.1, -0.05) is 18.2 Å². The molecule has 2 aromatic rings. The van der Waals surface area contributed by atoms with E-state index in [-0.39, 0.29) is 5.91 Å². The number of fused-ring (bicyclic) bond motifs is 1. The van der Waals surface area contributed by atoms with Gasteiger partial charge in [0.25, 0.3) is 0 Å². The topological polar surface area (TPSA) is 62.5 Å². The van der Waals surface area contributed by atoms with Gasteiger partial charge in [0.2, 0.25) is 5.91 Å². The van der Waals surface area contributed by atoms with E-state index in [1.807, 2.05) is 48.2 Å². The minimum absolute atomic E-state index is 0.121. The molecule has 0 bridgehead atoms. The molecule has 1 fully saturated rings. The molecule has 2 heterocycles. The van der Waals surface area contributed by atoms with Crippen molar-refractivity contribution in [3.8, 4) is 0 Å². The number of carboxylic acids is 1. The predicted octanol–water partition coefficient (Wildman–Crippen LogP) is 2.51. The molecule has 23 heavy (non-hydrogen) atoms. The quantitative estimate of drug-likeness (QED) is 0.886. The minimum Gasteiger partial charge on any atom is -0.481 e. The van der Waals surface area contributed by atoms with Gasteiger partial charge in [0.05, 0.1) is 5.92 Å². The third kappa shape index (κ3) is 3.13. The number of benzene rings is 1. The van der Waals surface area contributed by atoms with Gasteiger partial charge in [0.15, 0.2) is 0 Å². The number of likely N-dealkylation sites (tertiary alicyclic amines) is 1. The van der Waals surface area contributed by atoms with Crippen molar-refractivity contribution in [2.45, 2.75) is 12.8 Å². The second-order valence-electron chi connectivity index (χ2n) is 6.01. The summed E-state index contributed by atoms with van der Waals surface area (Å²) >= 11 is 0. The average molecular weight is 312 g/mol. The van der Waals surface area contributed by atoms with Gasteiger partial charge in [0.1, 0.15) is 0 Å². The lowest BCUT2D eigenvalue weighted by Gasteiger charge is -2.29. The van der Waals surface area contributed by atoms with Gasteiger partial charge in [-0.3, -0.25) is 9.59 Å². The number of rotatable bonds is 3. The summed E-state index contributed by atoms with van der Waals surface area (Å²) in [6.07, 6.45) is 6.74. The maximum absolute atomic E-state index is 12.3. The first-order valence-corrected chi connectivity index (χ1v) is 7.80. The molecule has 0 radical (unpaired) electrons. The van der Waals surface area contributed by atoms with Crippen LogP contribution < -0.4 is 0 Å². The van der Waals surface area contributed by atoms with Crippen LogP contribution in [0.5, 0.6) is 0 Å². The van der Waals surface area contributed by atoms with E-state index in [0.717, 1.165) is 22.9 Å². The Hall–Kier alpha value is -2.56. The van der Waals surface area contributed by atoms with Crippen LogP contribution in [-0.4, -0.2) is 39.5 Å². The number of para-hydroxylation sites is 1. The molecule has 1 aliphatic heterocycles. The summed E-state index contributed by atoms with van der Waals surface area (Å²) in [5.74, 6) is -1.39. The van der Waals surface area contributed by atoms with Crippen LogP contribution in [0.25, 0.3) is 17.0 Å². The van der Waals surface area contributed by atoms with E-state index in [9.17, 15) is 9.59 Å². The molecule has 1 unspecified atom stereocenters. The fourth-order valence-electron chi connectivity index (χ4n) is 3.15. The number of carboxylic acid groups (broad SMARTS) is 1. The number of aliphatic carboxylic acids is 1. The number of hydrogen-bond acceptors (Lipinski definition) is 2. The van der Waals surface area contributed by atoms with Crippen molar-refractivity contribution >= 4 is 28.9 Å². The zero-order valence-corrected chi connectivity index (χ0v) is 13.1. The van der Waals surface area contributed by atoms with Crippen molar-refractivity contribution < 1.29 is 14.7 Å². The fourth-order valence-corrected chi connectivity index (χ4v) is 3.15. The lowest BCUT2D eigenvalue weighted by molar-refractivity contribution is -0.144. The van der Waals surface area contributed by atoms with Gasteiger partial charge in [0, 0.05) is 48.9 Å². The Morgan fingerprint density at radius 3 is 2.87 bits per heavy atom. The van der Waals surface area contributed by atoms with Crippen LogP contribution in [-0.2, 0) is 16.6 Å². The Balaban J connectivity index is 1.76. The molecule has 5 nitrogen and oxygen atoms in total. The monoisotopic (exact) mass is 312 g/mol. The normalized spacial score (nSPS) is 18.7. The zero-order chi connectivity index (χ0) is 16.4. The molecule has 1 aliphatic rings. The molecule has 1 aromatic carbocycles. The van der Waals surface area contributed by atoms with E-state index in [4.69, 9.17) is 5.11 Å². The second-order valence-corrected chi connectivity index (χ2v) is 6.01. The Morgan fingerprint density at radius 2 is 2.09 bits per heavy atom. The minimum atomic E-state index is -0.819. The standard InChI is InChI=1S/C18H20N2O3/c1-19-11-13(15-6-2-3-7-16(15)19)8-9-17(21)20-10-4-5-14(12-20)18(22)23/h2-3,6-9,11,14H,4-5,10,12H2,1H3,(H,22,23)/b9-8+. The van der Waals surface area contributed by atoms with Crippen LogP contribution in [0.4, 0.5) is 0 Å². The summed E-state index contributed by atoms with van der Waals surface area (Å²) in [5, 5.41) is 10.2. The third-order valence-corrected chi connectivity index (χ3v) is 4.42. The molecule has 3 rings (SSSR count). The van der Waals surface area contributed by atoms with E-state index in [1.165, 1.54) is 0 Å². The van der Waals surface area contributed by atoms with Gasteiger partial charge in [-0.05, 0) is 25.0 Å². The molecule has 0 saturated carbocycles. The molecule has 1 N–H and O–H groups in total. The number of aryl methyl sites for hydroxylation is 1. The summed E-state index contributed by atoms with van der Waals surface area (Å²) in [6.45, 7) is 0.927. The number of carbonyl (C=O) groups excluding carboxylic acids is 1. The van der Waals surface area contributed by atoms with Crippen LogP contribution in [0.2, 0.25) is 0 Å². The number of piperidine rings is 1. The van der Waals surface area contributed by atoms with Gasteiger partial charge in [-0.25, -0.2) is 0 Å². The van der Waals surface area contributed by atoms with Gasteiger partial charge >= 0.3 is 5.97 Å². The highest BCUT2D eigenvalue weighted by Crippen LogP contribution is 2.22. The van der Waals surface area contributed by atoms with Gasteiger partial charge < -0.3 is 14.6 Å². The number of aromatic nitrogens is 1. The average Bonchev–Trinajstić information content (AvgIpc) is 2.89. The first kappa shape index (κ1) is 15.3. The van der Waals surface area contributed by atoms with E-state index >= 15 is 0 Å². The molecule has 1 amide bonds. The predicted molar refractivity (Wildman–Crippen MR) is 88.9 cm³/mol. The maximum Gasteiger partial charge on any atom is 0.308 e. The number of nitrogens with zero attached hydrogens (tertiary/aromatic N) is 2. The summed E-state index contributed by atoms with van der Waals surface area (Å²) < 4.78 is 2.03. The fraction of sp³-hybridized carbons (Fsp3) is 0.333. The summed E-state index contributed by atoms with van der Waals surface area (Å²) in [7, 11) is 1.98. The Morgan fingerprint density at radius 1 is 1.30 bits per heavy atom. The van der Waals surface area contributed by atoms with E-state index in [1.54, 1.807) is 11.0 Å². The highest BCUT2D eigenvalue weighted by molar-refractivity contribution is 5.96. The second kappa shape index (κ2) is 6.28. The maximum atomic E-state index is 12.3. The van der Waals surface area contributed by atoms with Crippen LogP contribution in [0.1, 0.15) is 18.4 Å². The van der Waals surface area contributed by atoms with Crippen LogP contribution in [0.3, 0.4) is 0 Å². The van der Waals surface area contributed by atoms with Crippen molar-refractivity contribution in [1.82, 2.24) is 9.47 Å². The first-order valence-electron chi connectivity index (χ1n) is 7.80. The number of amides is 1. The third-order valence-electron chi connectivity index (χ3n) is 4.42. The molecular formula is C18H20N2O3. The lowest BCUT2D eigenvalue weighted by atomic mass is 9.98. The Bertz CT molecular complexity index is 776. The van der Waals surface area contributed by atoms with Crippen molar-refractivity contribution in [1.29, 1.82) is 0 Å². The molecule has 120 valence electrons. The lowest BCUT2D eigenvalue weighted by Crippen LogP contribution is -2.41. The summed E-state index contributed by atoms with van der Waals surface area (Å²) in [4.78, 5) is 25.0. The van der Waals surface area contributed by atoms with Crippen LogP contribution in [0.15, 0.2) is 36.5 Å². The van der Waals surface area contributed by atoms with E-state index < -0.39 is 11.9 Å². The zero-order valence-electron chi connectivity index (χ0n) is 13.1. The summed E-state index contributed by atoms with van der Waals surface area (Å²) in [5.41, 5.74) is 2.10. The highest BCUT2D eigenvalue weighted by atomic mass is 16.4. The van der Waals surface area contributed by atoms with Crippen LogP contribution in [0, 0.1) is 5.92 Å². The van der Waals surface area contributed by atoms with Crippen molar-refractivity contribution in [2.24, 2.45) is 13.0 Å². The molecule has 1 saturated heterocycles. The molecular weight excluding hydrogens is 292 g/mol. The van der Waals surface area contributed by atoms with Crippen LogP contribution >= 0.6 is 0 Å². The Labute approximate surface area is 134 Å². The number of hydrogen-bond donors (Lipinski definition) is 1. The van der Waals surface area contributed by atoms with Gasteiger partial charge in [-0.2, -0.15) is 0 Å². The molecule has 0 aliphatic carbocycles. The molecule has 1 atom stereocenters. The van der Waals surface area contributed by atoms with E-state index in [2.05, 4.69) is 0 Å². The highest BCUT2D eigenvalue weighted by Gasteiger charge is 2.27. The molecule has 1 aromatic heterocycles. The molecule has 5 heteroatoms. The van der Waals surface area contributed by atoms with Gasteiger partial charge in [-0.15, -0.1) is 0 Å². The van der Waals surface area contributed by atoms with Crippen molar-refractivity contribution in [2.75, 3.05) is 13.1 Å². The van der Waals surface area contributed by atoms with E-state index in [0.29, 0.717) is 19.5 Å². The smallest absolute Gasteiger partial charge is 0.308 e. The Kier molecular flexibility index (Phi) is 4.19. The largest absolute Gasteiger partial charge is 0.481 e. The SMILES string of the molecule is Cn1cc(/C=C/C(=O)N2CCCC(C(=O)O)C2)c2ccccc21.